The van der Waals surface area contributed by atoms with Crippen LogP contribution in [-0.4, -0.2) is 14.2 Å². The molecule has 0 aliphatic rings. The van der Waals surface area contributed by atoms with Gasteiger partial charge in [-0.25, -0.2) is 4.39 Å². The number of ether oxygens (including phenoxy) is 2. The van der Waals surface area contributed by atoms with Gasteiger partial charge in [-0.1, -0.05) is 0 Å². The Kier molecular flexibility index (Phi) is 5.23. The zero-order valence-electron chi connectivity index (χ0n) is 13.6. The number of halogens is 1. The lowest BCUT2D eigenvalue weighted by Crippen LogP contribution is -2.11. The van der Waals surface area contributed by atoms with Gasteiger partial charge in [0.1, 0.15) is 11.8 Å². The van der Waals surface area contributed by atoms with Gasteiger partial charge in [-0.2, -0.15) is 10.5 Å². The molecular formula is C18H16FN3O2. The van der Waals surface area contributed by atoms with E-state index in [9.17, 15) is 9.65 Å². The summed E-state index contributed by atoms with van der Waals surface area (Å²) in [6.07, 6.45) is 0. The molecule has 122 valence electrons. The number of aryl methyl sites for hydroxylation is 1. The molecule has 0 fully saturated rings. The van der Waals surface area contributed by atoms with E-state index in [-0.39, 0.29) is 11.3 Å². The summed E-state index contributed by atoms with van der Waals surface area (Å²) in [6.45, 7) is 1.79. The van der Waals surface area contributed by atoms with Crippen molar-refractivity contribution in [3.8, 4) is 23.6 Å². The number of hydrogen-bond donors (Lipinski definition) is 1. The molecule has 1 atom stereocenters. The molecule has 2 rings (SSSR count). The minimum atomic E-state index is -0.943. The Morgan fingerprint density at radius 3 is 2.42 bits per heavy atom. The highest BCUT2D eigenvalue weighted by Gasteiger charge is 2.20. The molecule has 0 saturated carbocycles. The topological polar surface area (TPSA) is 78.1 Å². The molecule has 0 radical (unpaired) electrons. The molecule has 6 heteroatoms. The van der Waals surface area contributed by atoms with E-state index in [1.54, 1.807) is 25.1 Å². The second kappa shape index (κ2) is 7.34. The molecule has 0 spiro atoms. The first kappa shape index (κ1) is 17.1. The summed E-state index contributed by atoms with van der Waals surface area (Å²) in [7, 11) is 2.80. The average molecular weight is 325 g/mol. The summed E-state index contributed by atoms with van der Waals surface area (Å²) in [5.41, 5.74) is 2.04. The second-order valence-electron chi connectivity index (χ2n) is 5.08. The number of methoxy groups -OCH3 is 2. The van der Waals surface area contributed by atoms with Crippen molar-refractivity contribution >= 4 is 5.69 Å². The maximum atomic E-state index is 14.5. The summed E-state index contributed by atoms with van der Waals surface area (Å²) in [5, 5.41) is 21.4. The van der Waals surface area contributed by atoms with Crippen molar-refractivity contribution in [2.75, 3.05) is 19.5 Å². The molecule has 0 saturated heterocycles. The lowest BCUT2D eigenvalue weighted by atomic mass is 10.0. The maximum Gasteiger partial charge on any atom is 0.171 e. The van der Waals surface area contributed by atoms with Gasteiger partial charge in [-0.05, 0) is 36.8 Å². The van der Waals surface area contributed by atoms with Crippen LogP contribution in [0, 0.1) is 35.4 Å². The van der Waals surface area contributed by atoms with Crippen molar-refractivity contribution in [3.63, 3.8) is 0 Å². The number of benzene rings is 2. The Balaban J connectivity index is 2.41. The summed E-state index contributed by atoms with van der Waals surface area (Å²) in [6, 6.07) is 11.1. The van der Waals surface area contributed by atoms with Gasteiger partial charge in [0, 0.05) is 17.3 Å². The van der Waals surface area contributed by atoms with Crippen molar-refractivity contribution in [1.29, 1.82) is 10.5 Å². The predicted molar refractivity (Wildman–Crippen MR) is 87.4 cm³/mol. The fourth-order valence-corrected chi connectivity index (χ4v) is 2.29. The minimum Gasteiger partial charge on any atom is -0.497 e. The molecule has 5 nitrogen and oxygen atoms in total. The van der Waals surface area contributed by atoms with Crippen molar-refractivity contribution in [1.82, 2.24) is 0 Å². The Morgan fingerprint density at radius 2 is 1.88 bits per heavy atom. The second-order valence-corrected chi connectivity index (χ2v) is 5.08. The average Bonchev–Trinajstić information content (AvgIpc) is 2.60. The Hall–Kier alpha value is -3.25. The van der Waals surface area contributed by atoms with Crippen LogP contribution in [0.2, 0.25) is 0 Å². The third-order valence-corrected chi connectivity index (χ3v) is 3.59. The largest absolute Gasteiger partial charge is 0.497 e. The van der Waals surface area contributed by atoms with Crippen molar-refractivity contribution in [2.24, 2.45) is 0 Å². The molecule has 0 aliphatic heterocycles. The van der Waals surface area contributed by atoms with Crippen LogP contribution in [0.25, 0.3) is 0 Å². The Labute approximate surface area is 139 Å². The van der Waals surface area contributed by atoms with Crippen LogP contribution >= 0.6 is 0 Å². The van der Waals surface area contributed by atoms with E-state index in [0.717, 1.165) is 5.56 Å². The summed E-state index contributed by atoms with van der Waals surface area (Å²) in [4.78, 5) is 0. The normalized spacial score (nSPS) is 11.1. The summed E-state index contributed by atoms with van der Waals surface area (Å²) < 4.78 is 24.6. The standard InChI is InChI=1S/C18H16FN3O2/c1-11-6-13(5-4-12(11)9-20)22-16(10-21)15-7-14(23-2)8-17(24-3)18(15)19/h4-8,16,22H,1-3H3. The molecule has 24 heavy (non-hydrogen) atoms. The first-order valence-electron chi connectivity index (χ1n) is 7.12. The molecule has 0 bridgehead atoms. The number of rotatable bonds is 5. The van der Waals surface area contributed by atoms with E-state index in [1.807, 2.05) is 6.07 Å². The van der Waals surface area contributed by atoms with Gasteiger partial charge in [0.05, 0.1) is 31.9 Å². The monoisotopic (exact) mass is 325 g/mol. The third kappa shape index (κ3) is 3.39. The number of nitriles is 2. The van der Waals surface area contributed by atoms with Crippen LogP contribution in [0.5, 0.6) is 11.5 Å². The molecule has 0 amide bonds. The van der Waals surface area contributed by atoms with Crippen molar-refractivity contribution in [2.45, 2.75) is 13.0 Å². The first-order valence-corrected chi connectivity index (χ1v) is 7.12. The predicted octanol–water partition coefficient (Wildman–Crippen LogP) is 3.70. The molecular weight excluding hydrogens is 309 g/mol. The van der Waals surface area contributed by atoms with Crippen LogP contribution < -0.4 is 14.8 Å². The highest BCUT2D eigenvalue weighted by atomic mass is 19.1. The SMILES string of the molecule is COc1cc(OC)c(F)c(C(C#N)Nc2ccc(C#N)c(C)c2)c1. The van der Waals surface area contributed by atoms with Crippen molar-refractivity contribution in [3.05, 3.63) is 52.8 Å². The fourth-order valence-electron chi connectivity index (χ4n) is 2.29. The van der Waals surface area contributed by atoms with E-state index in [1.165, 1.54) is 26.4 Å². The highest BCUT2D eigenvalue weighted by molar-refractivity contribution is 5.55. The minimum absolute atomic E-state index is 0.00223. The molecule has 0 aliphatic carbocycles. The number of nitrogens with one attached hydrogen (secondary N) is 1. The number of hydrogen-bond acceptors (Lipinski definition) is 5. The van der Waals surface area contributed by atoms with Gasteiger partial charge in [0.2, 0.25) is 0 Å². The molecule has 1 N–H and O–H groups in total. The molecule has 2 aromatic carbocycles. The first-order chi connectivity index (χ1) is 11.5. The number of nitrogens with zero attached hydrogens (tertiary/aromatic N) is 2. The molecule has 0 heterocycles. The van der Waals surface area contributed by atoms with Crippen LogP contribution in [0.15, 0.2) is 30.3 Å². The van der Waals surface area contributed by atoms with E-state index in [4.69, 9.17) is 14.7 Å². The molecule has 2 aromatic rings. The van der Waals surface area contributed by atoms with Gasteiger partial charge in [0.25, 0.3) is 0 Å². The van der Waals surface area contributed by atoms with Gasteiger partial charge in [-0.3, -0.25) is 0 Å². The highest BCUT2D eigenvalue weighted by Crippen LogP contribution is 2.32. The Bertz CT molecular complexity index is 837. The third-order valence-electron chi connectivity index (χ3n) is 3.59. The van der Waals surface area contributed by atoms with Crippen molar-refractivity contribution < 1.29 is 13.9 Å². The molecule has 1 unspecified atom stereocenters. The summed E-state index contributed by atoms with van der Waals surface area (Å²) in [5.74, 6) is -0.230. The quantitative estimate of drug-likeness (QED) is 0.907. The lowest BCUT2D eigenvalue weighted by molar-refractivity contribution is 0.371. The van der Waals surface area contributed by atoms with Gasteiger partial charge in [-0.15, -0.1) is 0 Å². The fraction of sp³-hybridized carbons (Fsp3) is 0.222. The molecule has 0 aromatic heterocycles. The Morgan fingerprint density at radius 1 is 1.12 bits per heavy atom. The van der Waals surface area contributed by atoms with Crippen LogP contribution in [0.4, 0.5) is 10.1 Å². The number of anilines is 1. The zero-order chi connectivity index (χ0) is 17.7. The van der Waals surface area contributed by atoms with E-state index < -0.39 is 11.9 Å². The maximum absolute atomic E-state index is 14.5. The van der Waals surface area contributed by atoms with Crippen LogP contribution in [-0.2, 0) is 0 Å². The summed E-state index contributed by atoms with van der Waals surface area (Å²) >= 11 is 0. The zero-order valence-corrected chi connectivity index (χ0v) is 13.6. The van der Waals surface area contributed by atoms with Gasteiger partial charge < -0.3 is 14.8 Å². The van der Waals surface area contributed by atoms with Crippen LogP contribution in [0.1, 0.15) is 22.7 Å². The van der Waals surface area contributed by atoms with Gasteiger partial charge >= 0.3 is 0 Å². The van der Waals surface area contributed by atoms with E-state index in [0.29, 0.717) is 17.0 Å². The lowest BCUT2D eigenvalue weighted by Gasteiger charge is -2.17. The van der Waals surface area contributed by atoms with Gasteiger partial charge in [0.15, 0.2) is 11.6 Å². The smallest absolute Gasteiger partial charge is 0.171 e. The van der Waals surface area contributed by atoms with E-state index in [2.05, 4.69) is 11.4 Å². The van der Waals surface area contributed by atoms with Crippen LogP contribution in [0.3, 0.4) is 0 Å². The van der Waals surface area contributed by atoms with E-state index >= 15 is 0 Å².